The van der Waals surface area contributed by atoms with E-state index in [1.807, 2.05) is 0 Å². The molecule has 0 atom stereocenters. The van der Waals surface area contributed by atoms with Gasteiger partial charge >= 0.3 is 0 Å². The summed E-state index contributed by atoms with van der Waals surface area (Å²) in [6.45, 7) is 4.05. The lowest BCUT2D eigenvalue weighted by molar-refractivity contribution is -0.121. The lowest BCUT2D eigenvalue weighted by atomic mass is 10.2. The van der Waals surface area contributed by atoms with Crippen LogP contribution in [-0.2, 0) is 11.3 Å². The molecule has 2 N–H and O–H groups in total. The van der Waals surface area contributed by atoms with Crippen molar-refractivity contribution in [3.63, 3.8) is 0 Å². The van der Waals surface area contributed by atoms with Crippen molar-refractivity contribution in [1.82, 2.24) is 5.32 Å². The van der Waals surface area contributed by atoms with Crippen molar-refractivity contribution < 1.29 is 9.90 Å². The predicted molar refractivity (Wildman–Crippen MR) is 59.4 cm³/mol. The van der Waals surface area contributed by atoms with E-state index in [-0.39, 0.29) is 11.7 Å². The maximum Gasteiger partial charge on any atom is 0.220 e. The number of benzene rings is 1. The van der Waals surface area contributed by atoms with Crippen molar-refractivity contribution in [2.24, 2.45) is 0 Å². The summed E-state index contributed by atoms with van der Waals surface area (Å²) in [4.78, 5) is 11.2. The highest BCUT2D eigenvalue weighted by Crippen LogP contribution is 2.09. The van der Waals surface area contributed by atoms with Gasteiger partial charge in [0.1, 0.15) is 5.75 Å². The number of hydrogen-bond acceptors (Lipinski definition) is 2. The van der Waals surface area contributed by atoms with Crippen LogP contribution in [0.4, 0.5) is 0 Å². The molecule has 15 heavy (non-hydrogen) atoms. The Morgan fingerprint density at radius 1 is 1.40 bits per heavy atom. The fraction of sp³-hybridized carbons (Fsp3) is 0.250. The van der Waals surface area contributed by atoms with Crippen molar-refractivity contribution >= 4 is 5.91 Å². The molecule has 3 nitrogen and oxygen atoms in total. The Bertz CT molecular complexity index is 330. The van der Waals surface area contributed by atoms with E-state index in [2.05, 4.69) is 11.9 Å². The Morgan fingerprint density at radius 2 is 2.07 bits per heavy atom. The number of carbonyl (C=O) groups excluding carboxylic acids is 1. The highest BCUT2D eigenvalue weighted by molar-refractivity contribution is 5.75. The Morgan fingerprint density at radius 3 is 2.67 bits per heavy atom. The molecule has 0 heterocycles. The average molecular weight is 205 g/mol. The number of allylic oxidation sites excluding steroid dienone is 1. The first kappa shape index (κ1) is 11.3. The third kappa shape index (κ3) is 4.31. The minimum atomic E-state index is 0.0166. The van der Waals surface area contributed by atoms with Crippen molar-refractivity contribution in [1.29, 1.82) is 0 Å². The summed E-state index contributed by atoms with van der Waals surface area (Å²) in [6.07, 6.45) is 2.89. The summed E-state index contributed by atoms with van der Waals surface area (Å²) in [7, 11) is 0. The van der Waals surface area contributed by atoms with E-state index in [1.54, 1.807) is 30.3 Å². The highest BCUT2D eigenvalue weighted by atomic mass is 16.3. The summed E-state index contributed by atoms with van der Waals surface area (Å²) < 4.78 is 0. The van der Waals surface area contributed by atoms with Crippen LogP contribution in [0.2, 0.25) is 0 Å². The number of carbonyl (C=O) groups is 1. The quantitative estimate of drug-likeness (QED) is 0.722. The molecule has 0 fully saturated rings. The molecular formula is C12H15NO2. The molecule has 0 aliphatic heterocycles. The number of rotatable bonds is 5. The van der Waals surface area contributed by atoms with E-state index >= 15 is 0 Å². The molecule has 0 saturated heterocycles. The molecule has 80 valence electrons. The molecule has 0 aliphatic rings. The minimum Gasteiger partial charge on any atom is -0.508 e. The second-order valence-corrected chi connectivity index (χ2v) is 3.27. The number of amides is 1. The molecule has 3 heteroatoms. The van der Waals surface area contributed by atoms with Crippen molar-refractivity contribution in [3.8, 4) is 5.75 Å². The van der Waals surface area contributed by atoms with Crippen LogP contribution in [0.3, 0.4) is 0 Å². The molecule has 0 bridgehead atoms. The zero-order chi connectivity index (χ0) is 11.1. The summed E-state index contributed by atoms with van der Waals surface area (Å²) in [5.74, 6) is 0.250. The van der Waals surface area contributed by atoms with Gasteiger partial charge in [-0.05, 0) is 24.1 Å². The normalized spacial score (nSPS) is 9.60. The van der Waals surface area contributed by atoms with E-state index in [9.17, 15) is 4.79 Å². The maximum absolute atomic E-state index is 11.2. The van der Waals surface area contributed by atoms with Gasteiger partial charge in [0.05, 0.1) is 0 Å². The lowest BCUT2D eigenvalue weighted by Gasteiger charge is -2.04. The van der Waals surface area contributed by atoms with Crippen LogP contribution in [0.5, 0.6) is 5.75 Å². The van der Waals surface area contributed by atoms with Crippen molar-refractivity contribution in [3.05, 3.63) is 42.5 Å². The first-order valence-electron chi connectivity index (χ1n) is 4.88. The molecule has 1 amide bonds. The van der Waals surface area contributed by atoms with Gasteiger partial charge in [-0.1, -0.05) is 18.2 Å². The third-order valence-corrected chi connectivity index (χ3v) is 2.00. The topological polar surface area (TPSA) is 49.3 Å². The Balaban J connectivity index is 2.33. The van der Waals surface area contributed by atoms with Gasteiger partial charge < -0.3 is 10.4 Å². The minimum absolute atomic E-state index is 0.0166. The standard InChI is InChI=1S/C12H15NO2/c1-2-3-4-12(15)13-9-10-5-7-11(14)8-6-10/h2,5-8,14H,1,3-4,9H2,(H,13,15). The summed E-state index contributed by atoms with van der Waals surface area (Å²) in [6, 6.07) is 6.77. The summed E-state index contributed by atoms with van der Waals surface area (Å²) in [5.41, 5.74) is 0.972. The van der Waals surface area contributed by atoms with Crippen LogP contribution >= 0.6 is 0 Å². The van der Waals surface area contributed by atoms with E-state index in [0.29, 0.717) is 19.4 Å². The number of hydrogen-bond donors (Lipinski definition) is 2. The molecule has 0 saturated carbocycles. The third-order valence-electron chi connectivity index (χ3n) is 2.00. The first-order chi connectivity index (χ1) is 7.22. The molecule has 0 radical (unpaired) electrons. The fourth-order valence-corrected chi connectivity index (χ4v) is 1.14. The molecule has 1 rings (SSSR count). The van der Waals surface area contributed by atoms with Crippen molar-refractivity contribution in [2.45, 2.75) is 19.4 Å². The summed E-state index contributed by atoms with van der Waals surface area (Å²) >= 11 is 0. The SMILES string of the molecule is C=CCCC(=O)NCc1ccc(O)cc1. The van der Waals surface area contributed by atoms with E-state index in [1.165, 1.54) is 0 Å². The lowest BCUT2D eigenvalue weighted by Crippen LogP contribution is -2.21. The predicted octanol–water partition coefficient (Wildman–Crippen LogP) is 1.97. The second-order valence-electron chi connectivity index (χ2n) is 3.27. The van der Waals surface area contributed by atoms with Gasteiger partial charge in [0, 0.05) is 13.0 Å². The number of phenols is 1. The molecular weight excluding hydrogens is 190 g/mol. The molecule has 0 aliphatic carbocycles. The van der Waals surface area contributed by atoms with Gasteiger partial charge in [0.25, 0.3) is 0 Å². The molecule has 1 aromatic rings. The zero-order valence-corrected chi connectivity index (χ0v) is 8.57. The van der Waals surface area contributed by atoms with Gasteiger partial charge in [0.15, 0.2) is 0 Å². The first-order valence-corrected chi connectivity index (χ1v) is 4.88. The van der Waals surface area contributed by atoms with Crippen LogP contribution in [0.1, 0.15) is 18.4 Å². The van der Waals surface area contributed by atoms with E-state index in [4.69, 9.17) is 5.11 Å². The summed E-state index contributed by atoms with van der Waals surface area (Å²) in [5, 5.41) is 11.8. The van der Waals surface area contributed by atoms with Crippen LogP contribution in [0, 0.1) is 0 Å². The van der Waals surface area contributed by atoms with Crippen LogP contribution in [-0.4, -0.2) is 11.0 Å². The largest absolute Gasteiger partial charge is 0.508 e. The maximum atomic E-state index is 11.2. The molecule has 0 spiro atoms. The number of phenolic OH excluding ortho intramolecular Hbond substituents is 1. The van der Waals surface area contributed by atoms with Crippen molar-refractivity contribution in [2.75, 3.05) is 0 Å². The molecule has 0 aromatic heterocycles. The molecule has 1 aromatic carbocycles. The molecule has 0 unspecified atom stereocenters. The Hall–Kier alpha value is -1.77. The smallest absolute Gasteiger partial charge is 0.220 e. The van der Waals surface area contributed by atoms with E-state index in [0.717, 1.165) is 5.56 Å². The fourth-order valence-electron chi connectivity index (χ4n) is 1.14. The monoisotopic (exact) mass is 205 g/mol. The van der Waals surface area contributed by atoms with Crippen LogP contribution < -0.4 is 5.32 Å². The number of aromatic hydroxyl groups is 1. The number of nitrogens with one attached hydrogen (secondary N) is 1. The van der Waals surface area contributed by atoms with Gasteiger partial charge in [-0.2, -0.15) is 0 Å². The van der Waals surface area contributed by atoms with Gasteiger partial charge in [-0.15, -0.1) is 6.58 Å². The van der Waals surface area contributed by atoms with Crippen LogP contribution in [0.15, 0.2) is 36.9 Å². The van der Waals surface area contributed by atoms with Crippen LogP contribution in [0.25, 0.3) is 0 Å². The second kappa shape index (κ2) is 5.86. The zero-order valence-electron chi connectivity index (χ0n) is 8.57. The van der Waals surface area contributed by atoms with Gasteiger partial charge in [-0.25, -0.2) is 0 Å². The highest BCUT2D eigenvalue weighted by Gasteiger charge is 1.99. The average Bonchev–Trinajstić information content (AvgIpc) is 2.25. The van der Waals surface area contributed by atoms with Gasteiger partial charge in [-0.3, -0.25) is 4.79 Å². The van der Waals surface area contributed by atoms with Gasteiger partial charge in [0.2, 0.25) is 5.91 Å². The Kier molecular flexibility index (Phi) is 4.41. The Labute approximate surface area is 89.4 Å². The van der Waals surface area contributed by atoms with E-state index < -0.39 is 0 Å².